The molecule has 5 heteroatoms. The van der Waals surface area contributed by atoms with Crippen LogP contribution in [0.1, 0.15) is 87.9 Å². The molecule has 0 fully saturated rings. The molecule has 0 atom stereocenters. The minimum atomic E-state index is -0.372. The Balaban J connectivity index is 2.07. The highest BCUT2D eigenvalue weighted by molar-refractivity contribution is 5.89. The topological polar surface area (TPSA) is 61.8 Å². The van der Waals surface area contributed by atoms with Gasteiger partial charge in [-0.1, -0.05) is 52.0 Å². The van der Waals surface area contributed by atoms with Crippen molar-refractivity contribution in [3.63, 3.8) is 0 Å². The van der Waals surface area contributed by atoms with E-state index in [9.17, 15) is 9.59 Å². The van der Waals surface area contributed by atoms with Gasteiger partial charge in [-0.3, -0.25) is 0 Å². The van der Waals surface area contributed by atoms with Gasteiger partial charge in [0, 0.05) is 6.08 Å². The van der Waals surface area contributed by atoms with Crippen molar-refractivity contribution in [1.82, 2.24) is 0 Å². The zero-order chi connectivity index (χ0) is 21.9. The van der Waals surface area contributed by atoms with Crippen LogP contribution in [0.3, 0.4) is 0 Å². The summed E-state index contributed by atoms with van der Waals surface area (Å²) < 4.78 is 16.0. The Bertz CT molecular complexity index is 594. The molecule has 168 valence electrons. The molecule has 0 aromatic heterocycles. The average molecular weight is 419 g/mol. The van der Waals surface area contributed by atoms with Crippen LogP contribution in [-0.4, -0.2) is 31.8 Å². The molecule has 1 rings (SSSR count). The lowest BCUT2D eigenvalue weighted by Gasteiger charge is -2.08. The van der Waals surface area contributed by atoms with Gasteiger partial charge >= 0.3 is 11.9 Å². The van der Waals surface area contributed by atoms with Crippen molar-refractivity contribution in [2.75, 3.05) is 19.8 Å². The molecule has 0 aliphatic heterocycles. The van der Waals surface area contributed by atoms with Crippen molar-refractivity contribution >= 4 is 11.9 Å². The zero-order valence-corrected chi connectivity index (χ0v) is 18.5. The van der Waals surface area contributed by atoms with Crippen LogP contribution in [-0.2, 0) is 14.3 Å². The van der Waals surface area contributed by atoms with Gasteiger partial charge in [0.25, 0.3) is 0 Å². The van der Waals surface area contributed by atoms with Crippen molar-refractivity contribution < 1.29 is 23.8 Å². The fourth-order valence-electron chi connectivity index (χ4n) is 2.97. The van der Waals surface area contributed by atoms with Crippen molar-refractivity contribution in [3.05, 3.63) is 42.5 Å². The minimum Gasteiger partial charge on any atom is -0.494 e. The van der Waals surface area contributed by atoms with Gasteiger partial charge in [0.1, 0.15) is 5.75 Å². The lowest BCUT2D eigenvalue weighted by Crippen LogP contribution is -2.06. The van der Waals surface area contributed by atoms with Crippen LogP contribution in [0.5, 0.6) is 5.75 Å². The van der Waals surface area contributed by atoms with E-state index in [1.165, 1.54) is 38.2 Å². The molecule has 0 N–H and O–H groups in total. The predicted molar refractivity (Wildman–Crippen MR) is 120 cm³/mol. The number of unbranched alkanes of at least 4 members (excludes halogenated alkanes) is 9. The highest BCUT2D eigenvalue weighted by Gasteiger charge is 2.07. The van der Waals surface area contributed by atoms with Gasteiger partial charge in [0.05, 0.1) is 25.4 Å². The fraction of sp³-hybridized carbons (Fsp3) is 0.600. The average Bonchev–Trinajstić information content (AvgIpc) is 2.77. The molecule has 5 nitrogen and oxygen atoms in total. The highest BCUT2D eigenvalue weighted by Crippen LogP contribution is 2.14. The van der Waals surface area contributed by atoms with Gasteiger partial charge in [0.2, 0.25) is 0 Å². The van der Waals surface area contributed by atoms with Gasteiger partial charge in [-0.15, -0.1) is 0 Å². The SMILES string of the molecule is C=CC(=O)OCCCCCCOc1ccc(C(=O)OCCCCCCCCC)cc1. The second-order valence-electron chi connectivity index (χ2n) is 7.42. The van der Waals surface area contributed by atoms with Crippen molar-refractivity contribution in [2.45, 2.75) is 77.6 Å². The number of carbonyl (C=O) groups excluding carboxylic acids is 2. The van der Waals surface area contributed by atoms with Gasteiger partial charge in [0.15, 0.2) is 0 Å². The molecule has 0 heterocycles. The molecule has 0 spiro atoms. The summed E-state index contributed by atoms with van der Waals surface area (Å²) in [5.74, 6) is 0.103. The Morgan fingerprint density at radius 1 is 0.767 bits per heavy atom. The third kappa shape index (κ3) is 13.0. The van der Waals surface area contributed by atoms with E-state index in [1.54, 1.807) is 24.3 Å². The number of benzene rings is 1. The Hall–Kier alpha value is -2.30. The van der Waals surface area contributed by atoms with Crippen LogP contribution in [0, 0.1) is 0 Å². The third-order valence-corrected chi connectivity index (χ3v) is 4.79. The third-order valence-electron chi connectivity index (χ3n) is 4.79. The molecule has 1 aromatic rings. The Morgan fingerprint density at radius 2 is 1.30 bits per heavy atom. The number of hydrogen-bond acceptors (Lipinski definition) is 5. The van der Waals surface area contributed by atoms with Crippen LogP contribution in [0.4, 0.5) is 0 Å². The van der Waals surface area contributed by atoms with Crippen LogP contribution in [0.15, 0.2) is 36.9 Å². The quantitative estimate of drug-likeness (QED) is 0.160. The molecular formula is C25H38O5. The summed E-state index contributed by atoms with van der Waals surface area (Å²) in [6.45, 7) is 7.11. The molecule has 0 saturated heterocycles. The Morgan fingerprint density at radius 3 is 1.90 bits per heavy atom. The number of esters is 2. The van der Waals surface area contributed by atoms with E-state index in [1.807, 2.05) is 0 Å². The number of carbonyl (C=O) groups is 2. The Kier molecular flexibility index (Phi) is 15.1. The van der Waals surface area contributed by atoms with E-state index >= 15 is 0 Å². The lowest BCUT2D eigenvalue weighted by molar-refractivity contribution is -0.137. The second-order valence-corrected chi connectivity index (χ2v) is 7.42. The largest absolute Gasteiger partial charge is 0.494 e. The summed E-state index contributed by atoms with van der Waals surface area (Å²) in [6, 6.07) is 7.10. The molecule has 0 bridgehead atoms. The minimum absolute atomic E-state index is 0.273. The molecule has 0 amide bonds. The number of hydrogen-bond donors (Lipinski definition) is 0. The van der Waals surface area contributed by atoms with Crippen molar-refractivity contribution in [1.29, 1.82) is 0 Å². The summed E-state index contributed by atoms with van der Waals surface area (Å²) in [5.41, 5.74) is 0.555. The summed E-state index contributed by atoms with van der Waals surface area (Å²) >= 11 is 0. The molecule has 0 saturated carbocycles. The Labute approximate surface area is 181 Å². The van der Waals surface area contributed by atoms with Gasteiger partial charge in [-0.2, -0.15) is 0 Å². The van der Waals surface area contributed by atoms with Crippen molar-refractivity contribution in [2.24, 2.45) is 0 Å². The van der Waals surface area contributed by atoms with E-state index in [4.69, 9.17) is 14.2 Å². The molecular weight excluding hydrogens is 380 g/mol. The first-order valence-corrected chi connectivity index (χ1v) is 11.4. The molecule has 0 radical (unpaired) electrons. The molecule has 0 aliphatic rings. The van der Waals surface area contributed by atoms with E-state index in [-0.39, 0.29) is 11.9 Å². The number of ether oxygens (including phenoxy) is 3. The number of rotatable bonds is 18. The smallest absolute Gasteiger partial charge is 0.338 e. The summed E-state index contributed by atoms with van der Waals surface area (Å²) in [5, 5.41) is 0. The van der Waals surface area contributed by atoms with Crippen LogP contribution in [0.25, 0.3) is 0 Å². The van der Waals surface area contributed by atoms with E-state index in [2.05, 4.69) is 13.5 Å². The summed E-state index contributed by atoms with van der Waals surface area (Å²) in [4.78, 5) is 23.0. The van der Waals surface area contributed by atoms with E-state index in [0.717, 1.165) is 44.3 Å². The van der Waals surface area contributed by atoms with E-state index < -0.39 is 0 Å². The van der Waals surface area contributed by atoms with Gasteiger partial charge in [-0.25, -0.2) is 9.59 Å². The van der Waals surface area contributed by atoms with Crippen LogP contribution >= 0.6 is 0 Å². The zero-order valence-electron chi connectivity index (χ0n) is 18.5. The normalized spacial score (nSPS) is 10.4. The summed E-state index contributed by atoms with van der Waals surface area (Å²) in [6.07, 6.45) is 13.3. The first kappa shape index (κ1) is 25.7. The highest BCUT2D eigenvalue weighted by atomic mass is 16.5. The van der Waals surface area contributed by atoms with Gasteiger partial charge in [-0.05, 0) is 56.4 Å². The van der Waals surface area contributed by atoms with Crippen LogP contribution in [0.2, 0.25) is 0 Å². The predicted octanol–water partition coefficient (Wildman–Crippen LogP) is 6.26. The van der Waals surface area contributed by atoms with Crippen LogP contribution < -0.4 is 4.74 Å². The lowest BCUT2D eigenvalue weighted by atomic mass is 10.1. The standard InChI is InChI=1S/C25H38O5/c1-3-5-6-7-8-9-14-21-30-25(27)22-15-17-23(18-16-22)28-19-12-10-11-13-20-29-24(26)4-2/h4,15-18H,2-3,5-14,19-21H2,1H3. The maximum Gasteiger partial charge on any atom is 0.338 e. The van der Waals surface area contributed by atoms with Crippen molar-refractivity contribution in [3.8, 4) is 5.75 Å². The second kappa shape index (κ2) is 17.5. The maximum absolute atomic E-state index is 12.1. The molecule has 30 heavy (non-hydrogen) atoms. The molecule has 0 aliphatic carbocycles. The first-order chi connectivity index (χ1) is 14.7. The van der Waals surface area contributed by atoms with E-state index in [0.29, 0.717) is 25.4 Å². The maximum atomic E-state index is 12.1. The fourth-order valence-corrected chi connectivity index (χ4v) is 2.97. The monoisotopic (exact) mass is 418 g/mol. The first-order valence-electron chi connectivity index (χ1n) is 11.4. The molecule has 1 aromatic carbocycles. The van der Waals surface area contributed by atoms with Gasteiger partial charge < -0.3 is 14.2 Å². The molecule has 0 unspecified atom stereocenters. The summed E-state index contributed by atoms with van der Waals surface area (Å²) in [7, 11) is 0.